The largest absolute Gasteiger partial charge is 0.497 e. The Labute approximate surface area is 207 Å². The third-order valence-electron chi connectivity index (χ3n) is 5.87. The van der Waals surface area contributed by atoms with Gasteiger partial charge in [-0.25, -0.2) is 0 Å². The maximum Gasteiger partial charge on any atom is 0.258 e. The molecule has 0 aliphatic carbocycles. The second-order valence-corrected chi connectivity index (χ2v) is 9.35. The molecule has 1 N–H and O–H groups in total. The molecule has 0 fully saturated rings. The molecule has 0 spiro atoms. The Morgan fingerprint density at radius 3 is 2.74 bits per heavy atom. The van der Waals surface area contributed by atoms with Crippen LogP contribution in [0.4, 0.5) is 0 Å². The molecule has 3 heterocycles. The van der Waals surface area contributed by atoms with Crippen LogP contribution in [0.2, 0.25) is 0 Å². The number of thiocarbonyl (C=S) groups is 1. The summed E-state index contributed by atoms with van der Waals surface area (Å²) in [4.78, 5) is 8.20. The van der Waals surface area contributed by atoms with E-state index in [2.05, 4.69) is 39.8 Å². The number of nitrogens with zero attached hydrogens (tertiary/aromatic N) is 3. The fourth-order valence-electron chi connectivity index (χ4n) is 4.11. The van der Waals surface area contributed by atoms with Crippen LogP contribution in [0.25, 0.3) is 17.0 Å². The summed E-state index contributed by atoms with van der Waals surface area (Å²) in [6.45, 7) is 2.82. The van der Waals surface area contributed by atoms with Crippen LogP contribution in [0, 0.1) is 0 Å². The van der Waals surface area contributed by atoms with Crippen molar-refractivity contribution in [2.75, 3.05) is 13.7 Å². The fraction of sp³-hybridized carbons (Fsp3) is 0.192. The van der Waals surface area contributed by atoms with Crippen molar-refractivity contribution in [3.8, 4) is 17.1 Å². The highest BCUT2D eigenvalue weighted by Crippen LogP contribution is 2.38. The minimum atomic E-state index is -0.246. The summed E-state index contributed by atoms with van der Waals surface area (Å²) in [5, 5.41) is 10.5. The number of rotatable bonds is 7. The molecule has 0 saturated carbocycles. The molecule has 1 unspecified atom stereocenters. The summed E-state index contributed by atoms with van der Waals surface area (Å²) in [5.74, 6) is 1.80. The number of methoxy groups -OCH3 is 1. The summed E-state index contributed by atoms with van der Waals surface area (Å²) in [6, 6.07) is 21.7. The average molecular weight is 489 g/mol. The zero-order chi connectivity index (χ0) is 23.5. The Morgan fingerprint density at radius 2 is 1.97 bits per heavy atom. The van der Waals surface area contributed by atoms with Crippen LogP contribution >= 0.6 is 23.6 Å². The van der Waals surface area contributed by atoms with Gasteiger partial charge in [-0.05, 0) is 54.7 Å². The van der Waals surface area contributed by atoms with E-state index >= 15 is 0 Å². The lowest BCUT2D eigenvalue weighted by Gasteiger charge is -2.37. The van der Waals surface area contributed by atoms with E-state index in [1.54, 1.807) is 18.4 Å². The van der Waals surface area contributed by atoms with E-state index in [9.17, 15) is 0 Å². The molecule has 1 atom stereocenters. The highest BCUT2D eigenvalue weighted by atomic mass is 32.1. The molecule has 1 aliphatic heterocycles. The molecule has 0 radical (unpaired) electrons. The maximum absolute atomic E-state index is 5.81. The topological polar surface area (TPSA) is 63.4 Å². The Bertz CT molecular complexity index is 1320. The predicted molar refractivity (Wildman–Crippen MR) is 139 cm³/mol. The number of hydrogen-bond acceptors (Lipinski definition) is 6. The number of allylic oxidation sites excluding steroid dienone is 1. The van der Waals surface area contributed by atoms with E-state index in [4.69, 9.17) is 26.5 Å². The Balaban J connectivity index is 1.56. The first kappa shape index (κ1) is 22.3. The number of aromatic nitrogens is 2. The van der Waals surface area contributed by atoms with Gasteiger partial charge in [-0.3, -0.25) is 0 Å². The van der Waals surface area contributed by atoms with Crippen molar-refractivity contribution in [2.24, 2.45) is 0 Å². The summed E-state index contributed by atoms with van der Waals surface area (Å²) in [5.41, 5.74) is 3.81. The summed E-state index contributed by atoms with van der Waals surface area (Å²) >= 11 is 7.56. The van der Waals surface area contributed by atoms with Crippen molar-refractivity contribution in [3.63, 3.8) is 0 Å². The number of hydrogen-bond donors (Lipinski definition) is 1. The highest BCUT2D eigenvalue weighted by molar-refractivity contribution is 7.80. The quantitative estimate of drug-likeness (QED) is 0.334. The minimum absolute atomic E-state index is 0.246. The first-order valence-corrected chi connectivity index (χ1v) is 12.3. The Kier molecular flexibility index (Phi) is 6.42. The zero-order valence-electron chi connectivity index (χ0n) is 18.9. The van der Waals surface area contributed by atoms with Crippen molar-refractivity contribution in [1.29, 1.82) is 0 Å². The normalized spacial score (nSPS) is 16.0. The van der Waals surface area contributed by atoms with Gasteiger partial charge in [0, 0.05) is 22.7 Å². The van der Waals surface area contributed by atoms with Crippen LogP contribution in [0.3, 0.4) is 0 Å². The van der Waals surface area contributed by atoms with Crippen LogP contribution in [-0.4, -0.2) is 33.8 Å². The summed E-state index contributed by atoms with van der Waals surface area (Å²) < 4.78 is 11.3. The number of ether oxygens (including phenoxy) is 1. The van der Waals surface area contributed by atoms with E-state index in [0.717, 1.165) is 41.1 Å². The van der Waals surface area contributed by atoms with Crippen molar-refractivity contribution in [2.45, 2.75) is 19.4 Å². The molecule has 8 heteroatoms. The van der Waals surface area contributed by atoms with E-state index in [1.807, 2.05) is 54.6 Å². The molecule has 4 aromatic rings. The van der Waals surface area contributed by atoms with Gasteiger partial charge in [0.15, 0.2) is 5.11 Å². The molecular weight excluding hydrogens is 464 g/mol. The third kappa shape index (κ3) is 4.47. The van der Waals surface area contributed by atoms with Gasteiger partial charge < -0.3 is 19.5 Å². The predicted octanol–water partition coefficient (Wildman–Crippen LogP) is 5.71. The van der Waals surface area contributed by atoms with Gasteiger partial charge in [-0.1, -0.05) is 53.7 Å². The van der Waals surface area contributed by atoms with Crippen LogP contribution in [0.15, 0.2) is 82.3 Å². The van der Waals surface area contributed by atoms with Crippen molar-refractivity contribution >= 4 is 34.2 Å². The van der Waals surface area contributed by atoms with Crippen LogP contribution in [0.5, 0.6) is 5.75 Å². The van der Waals surface area contributed by atoms with Crippen molar-refractivity contribution in [1.82, 2.24) is 20.4 Å². The van der Waals surface area contributed by atoms with Crippen molar-refractivity contribution < 1.29 is 9.26 Å². The SMILES string of the molecule is COc1cccc(C2NC(=S)N(CCc3cccs3)C(C)=C2c2nc(-c3ccccc3)no2)c1. The van der Waals surface area contributed by atoms with Crippen LogP contribution < -0.4 is 10.1 Å². The van der Waals surface area contributed by atoms with E-state index < -0.39 is 0 Å². The fourth-order valence-corrected chi connectivity index (χ4v) is 5.16. The molecule has 6 nitrogen and oxygen atoms in total. The Morgan fingerprint density at radius 1 is 1.12 bits per heavy atom. The second kappa shape index (κ2) is 9.79. The zero-order valence-corrected chi connectivity index (χ0v) is 20.5. The van der Waals surface area contributed by atoms with Crippen LogP contribution in [-0.2, 0) is 6.42 Å². The molecule has 2 aromatic heterocycles. The maximum atomic E-state index is 5.81. The standard InChI is InChI=1S/C26H24N4O2S2/c1-17-22(25-28-24(29-32-25)18-8-4-3-5-9-18)23(19-10-6-11-20(16-19)31-2)27-26(33)30(17)14-13-21-12-7-15-34-21/h3-12,15-16,23H,13-14H2,1-2H3,(H,27,33). The van der Waals surface area contributed by atoms with Crippen molar-refractivity contribution in [3.05, 3.63) is 94.1 Å². The molecule has 1 aliphatic rings. The molecule has 2 aromatic carbocycles. The summed E-state index contributed by atoms with van der Waals surface area (Å²) in [7, 11) is 1.66. The van der Waals surface area contributed by atoms with Gasteiger partial charge in [0.2, 0.25) is 5.82 Å². The molecule has 0 saturated heterocycles. The van der Waals surface area contributed by atoms with Gasteiger partial charge >= 0.3 is 0 Å². The smallest absolute Gasteiger partial charge is 0.258 e. The lowest BCUT2D eigenvalue weighted by molar-refractivity contribution is 0.396. The van der Waals surface area contributed by atoms with Gasteiger partial charge in [0.25, 0.3) is 5.89 Å². The van der Waals surface area contributed by atoms with E-state index in [1.165, 1.54) is 4.88 Å². The van der Waals surface area contributed by atoms with Gasteiger partial charge in [-0.2, -0.15) is 4.98 Å². The first-order chi connectivity index (χ1) is 16.6. The lowest BCUT2D eigenvalue weighted by Crippen LogP contribution is -2.46. The number of nitrogens with one attached hydrogen (secondary N) is 1. The number of benzene rings is 2. The van der Waals surface area contributed by atoms with Gasteiger partial charge in [0.1, 0.15) is 5.75 Å². The number of thiophene rings is 1. The molecule has 34 heavy (non-hydrogen) atoms. The van der Waals surface area contributed by atoms with Gasteiger partial charge in [-0.15, -0.1) is 11.3 Å². The van der Waals surface area contributed by atoms with E-state index in [0.29, 0.717) is 16.8 Å². The highest BCUT2D eigenvalue weighted by Gasteiger charge is 2.34. The molecule has 0 amide bonds. The van der Waals surface area contributed by atoms with Crippen LogP contribution in [0.1, 0.15) is 29.3 Å². The molecule has 0 bridgehead atoms. The summed E-state index contributed by atoms with van der Waals surface area (Å²) in [6.07, 6.45) is 0.896. The van der Waals surface area contributed by atoms with Gasteiger partial charge in [0.05, 0.1) is 18.7 Å². The monoisotopic (exact) mass is 488 g/mol. The minimum Gasteiger partial charge on any atom is -0.497 e. The molecular formula is C26H24N4O2S2. The molecule has 172 valence electrons. The second-order valence-electron chi connectivity index (χ2n) is 7.93. The molecule has 5 rings (SSSR count). The average Bonchev–Trinajstić information content (AvgIpc) is 3.57. The van der Waals surface area contributed by atoms with E-state index in [-0.39, 0.29) is 6.04 Å². The third-order valence-corrected chi connectivity index (χ3v) is 7.15. The Hall–Kier alpha value is -3.49. The lowest BCUT2D eigenvalue weighted by atomic mass is 9.94. The first-order valence-electron chi connectivity index (χ1n) is 11.0.